The highest BCUT2D eigenvalue weighted by atomic mass is 79.9. The van der Waals surface area contributed by atoms with Crippen LogP contribution >= 0.6 is 0 Å². The average molecular weight is 542 g/mol. The third kappa shape index (κ3) is 12.9. The second-order valence-electron chi connectivity index (χ2n) is 9.65. The van der Waals surface area contributed by atoms with Crippen LogP contribution in [0.3, 0.4) is 0 Å². The van der Waals surface area contributed by atoms with Crippen molar-refractivity contribution < 1.29 is 42.9 Å². The molecule has 2 nitrogen and oxygen atoms in total. The molecule has 0 atom stereocenters. The predicted octanol–water partition coefficient (Wildman–Crippen LogP) is -0.807. The topological polar surface area (TPSA) is 0 Å². The lowest BCUT2D eigenvalue weighted by Crippen LogP contribution is -3.00. The van der Waals surface area contributed by atoms with Gasteiger partial charge in [-0.3, -0.25) is 0 Å². The molecule has 0 unspecified atom stereocenters. The Balaban J connectivity index is 0.00000420. The van der Waals surface area contributed by atoms with Crippen LogP contribution in [0.2, 0.25) is 0 Å². The van der Waals surface area contributed by atoms with Crippen molar-refractivity contribution in [1.29, 1.82) is 0 Å². The molecule has 0 bridgehead atoms. The monoisotopic (exact) mass is 540 g/mol. The third-order valence-corrected chi connectivity index (χ3v) is 5.97. The predicted molar refractivity (Wildman–Crippen MR) is 122 cm³/mol. The van der Waals surface area contributed by atoms with Gasteiger partial charge < -0.3 is 42.9 Å². The van der Waals surface area contributed by atoms with Crippen LogP contribution in [0.5, 0.6) is 0 Å². The van der Waals surface area contributed by atoms with Gasteiger partial charge in [0.2, 0.25) is 0 Å². The van der Waals surface area contributed by atoms with Crippen LogP contribution < -0.4 is 34.0 Å². The number of benzene rings is 2. The van der Waals surface area contributed by atoms with Crippen molar-refractivity contribution in [1.82, 2.24) is 0 Å². The summed E-state index contributed by atoms with van der Waals surface area (Å²) < 4.78 is 2.26. The number of likely N-dealkylation sites (N-methyl/N-ethyl adjacent to an activating group) is 2. The second-order valence-corrected chi connectivity index (χ2v) is 9.65. The Morgan fingerprint density at radius 3 is 1.13 bits per heavy atom. The molecule has 0 aliphatic rings. The minimum absolute atomic E-state index is 0. The summed E-state index contributed by atoms with van der Waals surface area (Å²) in [5.41, 5.74) is 2.92. The van der Waals surface area contributed by atoms with Crippen molar-refractivity contribution >= 4 is 0 Å². The van der Waals surface area contributed by atoms with Gasteiger partial charge >= 0.3 is 0 Å². The molecule has 0 radical (unpaired) electrons. The fourth-order valence-electron chi connectivity index (χ4n) is 3.81. The van der Waals surface area contributed by atoms with Crippen LogP contribution in [0.1, 0.15) is 36.8 Å². The number of rotatable bonds is 13. The first-order valence-corrected chi connectivity index (χ1v) is 11.1. The third-order valence-electron chi connectivity index (χ3n) is 5.97. The van der Waals surface area contributed by atoms with Crippen LogP contribution in [0.25, 0.3) is 0 Å². The van der Waals surface area contributed by atoms with E-state index in [1.807, 2.05) is 0 Å². The zero-order valence-corrected chi connectivity index (χ0v) is 22.7. The summed E-state index contributed by atoms with van der Waals surface area (Å²) in [6.07, 6.45) is 7.79. The molecule has 2 aromatic carbocycles. The normalized spacial score (nSPS) is 11.5. The minimum atomic E-state index is 0. The summed E-state index contributed by atoms with van der Waals surface area (Å²) in [4.78, 5) is 0. The van der Waals surface area contributed by atoms with Gasteiger partial charge in [0.25, 0.3) is 0 Å². The molecule has 30 heavy (non-hydrogen) atoms. The molecular weight excluding hydrogens is 500 g/mol. The minimum Gasteiger partial charge on any atom is -1.00 e. The maximum Gasteiger partial charge on any atom is 0.0823 e. The number of hydrogen-bond donors (Lipinski definition) is 0. The highest BCUT2D eigenvalue weighted by Gasteiger charge is 2.16. The molecule has 170 valence electrons. The summed E-state index contributed by atoms with van der Waals surface area (Å²) in [7, 11) is 9.53. The molecule has 0 spiro atoms. The fourth-order valence-corrected chi connectivity index (χ4v) is 3.81. The molecular formula is C26H42Br2N2. The SMILES string of the molecule is C[N+](C)(CCCCCC[N+](C)(C)CCc1ccccc1)CCc1ccccc1.[Br-].[Br-]. The van der Waals surface area contributed by atoms with Crippen molar-refractivity contribution in [3.8, 4) is 0 Å². The molecule has 0 saturated heterocycles. The van der Waals surface area contributed by atoms with Gasteiger partial charge in [0.1, 0.15) is 0 Å². The van der Waals surface area contributed by atoms with Gasteiger partial charge in [-0.15, -0.1) is 0 Å². The van der Waals surface area contributed by atoms with Gasteiger partial charge in [-0.2, -0.15) is 0 Å². The smallest absolute Gasteiger partial charge is 0.0823 e. The van der Waals surface area contributed by atoms with E-state index in [4.69, 9.17) is 0 Å². The summed E-state index contributed by atoms with van der Waals surface area (Å²) in [6.45, 7) is 5.04. The fraction of sp³-hybridized carbons (Fsp3) is 0.538. The van der Waals surface area contributed by atoms with E-state index in [2.05, 4.69) is 88.9 Å². The van der Waals surface area contributed by atoms with Gasteiger partial charge in [0.05, 0.1) is 54.4 Å². The van der Waals surface area contributed by atoms with Crippen LogP contribution in [-0.2, 0) is 12.8 Å². The molecule has 0 aromatic heterocycles. The Morgan fingerprint density at radius 2 is 0.800 bits per heavy atom. The molecule has 0 saturated carbocycles. The summed E-state index contributed by atoms with van der Waals surface area (Å²) in [6, 6.07) is 21.8. The molecule has 0 fully saturated rings. The van der Waals surface area contributed by atoms with E-state index in [1.54, 1.807) is 0 Å². The quantitative estimate of drug-likeness (QED) is 0.230. The van der Waals surface area contributed by atoms with Crippen LogP contribution in [0, 0.1) is 0 Å². The Kier molecular flexibility index (Phi) is 14.8. The van der Waals surface area contributed by atoms with E-state index in [9.17, 15) is 0 Å². The van der Waals surface area contributed by atoms with Crippen molar-refractivity contribution in [2.24, 2.45) is 0 Å². The summed E-state index contributed by atoms with van der Waals surface area (Å²) in [5.74, 6) is 0. The lowest BCUT2D eigenvalue weighted by molar-refractivity contribution is -0.891. The van der Waals surface area contributed by atoms with E-state index >= 15 is 0 Å². The maximum atomic E-state index is 2.38. The highest BCUT2D eigenvalue weighted by molar-refractivity contribution is 5.15. The molecule has 4 heteroatoms. The van der Waals surface area contributed by atoms with E-state index in [-0.39, 0.29) is 34.0 Å². The number of halogens is 2. The molecule has 2 rings (SSSR count). The molecule has 0 aliphatic heterocycles. The van der Waals surface area contributed by atoms with Crippen LogP contribution in [-0.4, -0.2) is 63.3 Å². The Hall–Kier alpha value is -0.680. The summed E-state index contributed by atoms with van der Waals surface area (Å²) >= 11 is 0. The first kappa shape index (κ1) is 29.3. The lowest BCUT2D eigenvalue weighted by Gasteiger charge is -2.31. The van der Waals surface area contributed by atoms with Crippen molar-refractivity contribution in [3.05, 3.63) is 71.8 Å². The molecule has 2 aromatic rings. The van der Waals surface area contributed by atoms with E-state index in [0.717, 1.165) is 8.97 Å². The van der Waals surface area contributed by atoms with Crippen molar-refractivity contribution in [2.75, 3.05) is 54.4 Å². The number of unbranched alkanes of at least 4 members (excludes halogenated alkanes) is 3. The first-order valence-electron chi connectivity index (χ1n) is 11.1. The second kappa shape index (κ2) is 15.2. The number of nitrogens with zero attached hydrogens (tertiary/aromatic N) is 2. The molecule has 0 heterocycles. The Bertz CT molecular complexity index is 598. The van der Waals surface area contributed by atoms with E-state index in [1.165, 1.54) is 75.8 Å². The van der Waals surface area contributed by atoms with Crippen molar-refractivity contribution in [2.45, 2.75) is 38.5 Å². The van der Waals surface area contributed by atoms with E-state index < -0.39 is 0 Å². The molecule has 0 amide bonds. The Morgan fingerprint density at radius 1 is 0.467 bits per heavy atom. The van der Waals surface area contributed by atoms with Crippen LogP contribution in [0.4, 0.5) is 0 Å². The zero-order valence-electron chi connectivity index (χ0n) is 19.5. The zero-order chi connectivity index (χ0) is 20.3. The van der Waals surface area contributed by atoms with Gasteiger partial charge in [-0.25, -0.2) is 0 Å². The number of hydrogen-bond acceptors (Lipinski definition) is 0. The lowest BCUT2D eigenvalue weighted by atomic mass is 10.1. The van der Waals surface area contributed by atoms with Crippen molar-refractivity contribution in [3.63, 3.8) is 0 Å². The maximum absolute atomic E-state index is 2.38. The largest absolute Gasteiger partial charge is 1.00 e. The van der Waals surface area contributed by atoms with Crippen LogP contribution in [0.15, 0.2) is 60.7 Å². The molecule has 0 aliphatic carbocycles. The van der Waals surface area contributed by atoms with Gasteiger partial charge in [0, 0.05) is 12.8 Å². The van der Waals surface area contributed by atoms with Gasteiger partial charge in [0.15, 0.2) is 0 Å². The standard InChI is InChI=1S/C26H42N2.2BrH/c1-27(2,23-19-25-15-9-7-10-16-25)21-13-5-6-14-22-28(3,4)24-20-26-17-11-8-12-18-26;;/h7-12,15-18H,5-6,13-14,19-24H2,1-4H3;2*1H/q+2;;/p-2. The first-order chi connectivity index (χ1) is 13.4. The summed E-state index contributed by atoms with van der Waals surface area (Å²) in [5, 5.41) is 0. The average Bonchev–Trinajstić information content (AvgIpc) is 2.69. The van der Waals surface area contributed by atoms with Gasteiger partial charge in [-0.05, 0) is 36.8 Å². The van der Waals surface area contributed by atoms with E-state index in [0.29, 0.717) is 0 Å². The molecule has 0 N–H and O–H groups in total. The highest BCUT2D eigenvalue weighted by Crippen LogP contribution is 2.11. The number of quaternary nitrogens is 2. The van der Waals surface area contributed by atoms with Gasteiger partial charge in [-0.1, -0.05) is 60.7 Å². The Labute approximate surface area is 207 Å².